The van der Waals surface area contributed by atoms with Gasteiger partial charge in [-0.05, 0) is 77.0 Å². The minimum atomic E-state index is -0.817. The van der Waals surface area contributed by atoms with Crippen LogP contribution in [-0.4, -0.2) is 37.2 Å². The highest BCUT2D eigenvalue weighted by molar-refractivity contribution is 5.72. The van der Waals surface area contributed by atoms with E-state index in [9.17, 15) is 14.4 Å². The van der Waals surface area contributed by atoms with Crippen molar-refractivity contribution in [2.45, 2.75) is 187 Å². The minimum Gasteiger partial charge on any atom is -0.462 e. The number of unbranched alkanes of at least 4 members (excludes halogenated alkanes) is 15. The molecule has 0 aliphatic heterocycles. The van der Waals surface area contributed by atoms with Gasteiger partial charge >= 0.3 is 17.9 Å². The monoisotopic (exact) mass is 725 g/mol. The molecule has 6 nitrogen and oxygen atoms in total. The topological polar surface area (TPSA) is 78.9 Å². The Balaban J connectivity index is 4.46. The lowest BCUT2D eigenvalue weighted by Gasteiger charge is -2.18. The van der Waals surface area contributed by atoms with Crippen LogP contribution in [0.3, 0.4) is 0 Å². The van der Waals surface area contributed by atoms with Crippen LogP contribution in [0.2, 0.25) is 0 Å². The van der Waals surface area contributed by atoms with Crippen LogP contribution in [0.4, 0.5) is 0 Å². The third-order valence-electron chi connectivity index (χ3n) is 8.48. The van der Waals surface area contributed by atoms with Gasteiger partial charge in [0.2, 0.25) is 0 Å². The zero-order chi connectivity index (χ0) is 38.0. The SMILES string of the molecule is CC/C=C\C/C=C\C/C=C\CC(=O)OCC(COC(=O)CCCCCCCC/C=C\C=C/CCCCC)OC(=O)CCCCCC/C=C\CCCC. The molecule has 0 radical (unpaired) electrons. The first kappa shape index (κ1) is 48.9. The molecular formula is C46H76O6. The second-order valence-corrected chi connectivity index (χ2v) is 13.6. The molecule has 0 bridgehead atoms. The van der Waals surface area contributed by atoms with Crippen LogP contribution in [0, 0.1) is 0 Å². The summed E-state index contributed by atoms with van der Waals surface area (Å²) < 4.78 is 16.5. The Morgan fingerprint density at radius 1 is 0.442 bits per heavy atom. The lowest BCUT2D eigenvalue weighted by molar-refractivity contribution is -0.166. The molecule has 0 aliphatic carbocycles. The Morgan fingerprint density at radius 3 is 1.50 bits per heavy atom. The molecule has 0 aliphatic rings. The molecule has 0 spiro atoms. The Morgan fingerprint density at radius 2 is 0.904 bits per heavy atom. The number of carbonyl (C=O) groups excluding carboxylic acids is 3. The van der Waals surface area contributed by atoms with Crippen molar-refractivity contribution in [2.24, 2.45) is 0 Å². The van der Waals surface area contributed by atoms with E-state index in [4.69, 9.17) is 14.2 Å². The zero-order valence-corrected chi connectivity index (χ0v) is 33.5. The van der Waals surface area contributed by atoms with Gasteiger partial charge in [-0.25, -0.2) is 0 Å². The molecule has 0 saturated heterocycles. The molecular weight excluding hydrogens is 649 g/mol. The zero-order valence-electron chi connectivity index (χ0n) is 33.5. The molecule has 0 amide bonds. The summed E-state index contributed by atoms with van der Waals surface area (Å²) in [6.07, 6.45) is 49.2. The predicted octanol–water partition coefficient (Wildman–Crippen LogP) is 13.1. The van der Waals surface area contributed by atoms with Crippen LogP contribution >= 0.6 is 0 Å². The number of hydrogen-bond donors (Lipinski definition) is 0. The van der Waals surface area contributed by atoms with E-state index in [0.717, 1.165) is 89.9 Å². The van der Waals surface area contributed by atoms with Crippen molar-refractivity contribution in [3.05, 3.63) is 72.9 Å². The normalized spacial score (nSPS) is 12.8. The number of allylic oxidation sites excluding steroid dienone is 11. The molecule has 52 heavy (non-hydrogen) atoms. The van der Waals surface area contributed by atoms with E-state index in [1.54, 1.807) is 6.08 Å². The molecule has 0 aromatic carbocycles. The smallest absolute Gasteiger partial charge is 0.309 e. The number of rotatable bonds is 36. The number of esters is 3. The summed E-state index contributed by atoms with van der Waals surface area (Å²) in [4.78, 5) is 37.4. The quantitative estimate of drug-likeness (QED) is 0.0210. The van der Waals surface area contributed by atoms with E-state index in [1.807, 2.05) is 6.08 Å². The number of carbonyl (C=O) groups is 3. The number of ether oxygens (including phenoxy) is 3. The van der Waals surface area contributed by atoms with Gasteiger partial charge in [-0.1, -0.05) is 158 Å². The van der Waals surface area contributed by atoms with Crippen molar-refractivity contribution in [1.82, 2.24) is 0 Å². The Labute approximate surface area is 319 Å². The largest absolute Gasteiger partial charge is 0.462 e. The minimum absolute atomic E-state index is 0.114. The maximum atomic E-state index is 12.6. The summed E-state index contributed by atoms with van der Waals surface area (Å²) in [6, 6.07) is 0. The van der Waals surface area contributed by atoms with Crippen LogP contribution in [0.5, 0.6) is 0 Å². The van der Waals surface area contributed by atoms with Crippen LogP contribution in [0.15, 0.2) is 72.9 Å². The fourth-order valence-corrected chi connectivity index (χ4v) is 5.30. The average Bonchev–Trinajstić information content (AvgIpc) is 3.14. The van der Waals surface area contributed by atoms with Crippen LogP contribution in [-0.2, 0) is 28.6 Å². The lowest BCUT2D eigenvalue weighted by Crippen LogP contribution is -2.30. The van der Waals surface area contributed by atoms with Gasteiger partial charge < -0.3 is 14.2 Å². The van der Waals surface area contributed by atoms with Crippen LogP contribution in [0.25, 0.3) is 0 Å². The van der Waals surface area contributed by atoms with Crippen molar-refractivity contribution in [2.75, 3.05) is 13.2 Å². The second kappa shape index (κ2) is 40.6. The van der Waals surface area contributed by atoms with Crippen molar-refractivity contribution >= 4 is 17.9 Å². The summed E-state index contributed by atoms with van der Waals surface area (Å²) in [5.41, 5.74) is 0. The molecule has 6 heteroatoms. The molecule has 296 valence electrons. The molecule has 0 aromatic heterocycles. The maximum absolute atomic E-state index is 12.6. The van der Waals surface area contributed by atoms with Crippen molar-refractivity contribution in [3.63, 3.8) is 0 Å². The highest BCUT2D eigenvalue weighted by Gasteiger charge is 2.19. The Hall–Kier alpha value is -3.15. The average molecular weight is 725 g/mol. The number of hydrogen-bond acceptors (Lipinski definition) is 6. The van der Waals surface area contributed by atoms with Gasteiger partial charge in [0, 0.05) is 12.8 Å². The molecule has 0 saturated carbocycles. The van der Waals surface area contributed by atoms with Crippen LogP contribution < -0.4 is 0 Å². The third-order valence-corrected chi connectivity index (χ3v) is 8.48. The third kappa shape index (κ3) is 38.1. The van der Waals surface area contributed by atoms with E-state index < -0.39 is 12.1 Å². The highest BCUT2D eigenvalue weighted by Crippen LogP contribution is 2.12. The summed E-state index contributed by atoms with van der Waals surface area (Å²) >= 11 is 0. The van der Waals surface area contributed by atoms with Gasteiger partial charge in [-0.2, -0.15) is 0 Å². The second-order valence-electron chi connectivity index (χ2n) is 13.6. The highest BCUT2D eigenvalue weighted by atomic mass is 16.6. The fraction of sp³-hybridized carbons (Fsp3) is 0.674. The van der Waals surface area contributed by atoms with E-state index in [0.29, 0.717) is 12.8 Å². The summed E-state index contributed by atoms with van der Waals surface area (Å²) in [5, 5.41) is 0. The van der Waals surface area contributed by atoms with Crippen LogP contribution in [0.1, 0.15) is 181 Å². The van der Waals surface area contributed by atoms with Gasteiger partial charge in [-0.15, -0.1) is 0 Å². The first-order valence-corrected chi connectivity index (χ1v) is 21.0. The van der Waals surface area contributed by atoms with E-state index in [1.165, 1.54) is 51.4 Å². The van der Waals surface area contributed by atoms with Crippen molar-refractivity contribution in [1.29, 1.82) is 0 Å². The molecule has 0 rings (SSSR count). The Kier molecular flexibility index (Phi) is 38.2. The molecule has 0 aromatic rings. The molecule has 0 N–H and O–H groups in total. The van der Waals surface area contributed by atoms with Gasteiger partial charge in [0.05, 0.1) is 6.42 Å². The molecule has 1 unspecified atom stereocenters. The molecule has 0 fully saturated rings. The molecule has 0 heterocycles. The van der Waals surface area contributed by atoms with Gasteiger partial charge in [0.25, 0.3) is 0 Å². The predicted molar refractivity (Wildman–Crippen MR) is 219 cm³/mol. The first-order chi connectivity index (χ1) is 25.5. The van der Waals surface area contributed by atoms with Crippen molar-refractivity contribution < 1.29 is 28.6 Å². The maximum Gasteiger partial charge on any atom is 0.309 e. The first-order valence-electron chi connectivity index (χ1n) is 21.0. The summed E-state index contributed by atoms with van der Waals surface area (Å²) in [6.45, 7) is 6.29. The summed E-state index contributed by atoms with van der Waals surface area (Å²) in [5.74, 6) is -1.08. The standard InChI is InChI=1S/C46H76O6/c1-4-7-10-13-16-19-21-22-23-24-25-28-30-33-36-39-45(48)51-42-43(41-50-44(47)38-35-32-29-26-18-15-12-9-6-3)52-46(49)40-37-34-31-27-20-17-14-11-8-5-2/h9,12,14,16-19,21-22,26,32,35,43H,4-8,10-11,13,15,20,23-25,27-31,33-34,36-42H2,1-3H3/b12-9-,17-14-,19-16-,22-21-,26-18-,35-32-. The van der Waals surface area contributed by atoms with E-state index >= 15 is 0 Å². The van der Waals surface area contributed by atoms with E-state index in [2.05, 4.69) is 81.5 Å². The van der Waals surface area contributed by atoms with E-state index in [-0.39, 0.29) is 31.6 Å². The Bertz CT molecular complexity index is 1020. The van der Waals surface area contributed by atoms with Gasteiger partial charge in [0.1, 0.15) is 13.2 Å². The summed E-state index contributed by atoms with van der Waals surface area (Å²) in [7, 11) is 0. The molecule has 1 atom stereocenters. The lowest BCUT2D eigenvalue weighted by atomic mass is 10.1. The van der Waals surface area contributed by atoms with Crippen molar-refractivity contribution in [3.8, 4) is 0 Å². The van der Waals surface area contributed by atoms with Gasteiger partial charge in [0.15, 0.2) is 6.10 Å². The van der Waals surface area contributed by atoms with Gasteiger partial charge in [-0.3, -0.25) is 14.4 Å². The fourth-order valence-electron chi connectivity index (χ4n) is 5.30.